The Morgan fingerprint density at radius 2 is 2.17 bits per heavy atom. The molecule has 1 atom stereocenters. The van der Waals surface area contributed by atoms with Gasteiger partial charge in [0.15, 0.2) is 0 Å². The molecule has 0 radical (unpaired) electrons. The van der Waals surface area contributed by atoms with E-state index < -0.39 is 0 Å². The molecule has 0 saturated heterocycles. The number of hydrogen-bond donors (Lipinski definition) is 1. The van der Waals surface area contributed by atoms with Crippen LogP contribution in [-0.4, -0.2) is 4.98 Å². The average Bonchev–Trinajstić information content (AvgIpc) is 2.66. The molecule has 1 unspecified atom stereocenters. The van der Waals surface area contributed by atoms with Crippen LogP contribution in [0.15, 0.2) is 33.3 Å². The Kier molecular flexibility index (Phi) is 4.19. The van der Waals surface area contributed by atoms with Crippen molar-refractivity contribution in [1.82, 2.24) is 10.3 Å². The SMILES string of the molecule is Cc1cc(C(C)NCc2cccc(Br)n2)c(C)o1. The lowest BCUT2D eigenvalue weighted by Gasteiger charge is -2.12. The standard InChI is InChI=1S/C14H17BrN2O/c1-9-7-13(11(3)18-9)10(2)16-8-12-5-4-6-14(15)17-12/h4-7,10,16H,8H2,1-3H3. The normalized spacial score (nSPS) is 12.7. The van der Waals surface area contributed by atoms with Gasteiger partial charge in [0.25, 0.3) is 0 Å². The lowest BCUT2D eigenvalue weighted by atomic mass is 10.1. The van der Waals surface area contributed by atoms with E-state index in [0.29, 0.717) is 0 Å². The minimum absolute atomic E-state index is 0.253. The van der Waals surface area contributed by atoms with Gasteiger partial charge in [-0.05, 0) is 54.9 Å². The highest BCUT2D eigenvalue weighted by Crippen LogP contribution is 2.21. The van der Waals surface area contributed by atoms with Gasteiger partial charge >= 0.3 is 0 Å². The van der Waals surface area contributed by atoms with E-state index in [1.165, 1.54) is 5.56 Å². The van der Waals surface area contributed by atoms with E-state index in [4.69, 9.17) is 4.42 Å². The Hall–Kier alpha value is -1.13. The van der Waals surface area contributed by atoms with Crippen LogP contribution in [0.3, 0.4) is 0 Å². The first-order valence-corrected chi connectivity index (χ1v) is 6.77. The van der Waals surface area contributed by atoms with Crippen molar-refractivity contribution in [2.45, 2.75) is 33.4 Å². The number of nitrogens with zero attached hydrogens (tertiary/aromatic N) is 1. The molecule has 0 aliphatic rings. The summed E-state index contributed by atoms with van der Waals surface area (Å²) in [5, 5.41) is 3.45. The van der Waals surface area contributed by atoms with E-state index >= 15 is 0 Å². The first kappa shape index (κ1) is 13.3. The second kappa shape index (κ2) is 5.67. The van der Waals surface area contributed by atoms with Crippen LogP contribution < -0.4 is 5.32 Å². The number of hydrogen-bond acceptors (Lipinski definition) is 3. The van der Waals surface area contributed by atoms with Crippen LogP contribution >= 0.6 is 15.9 Å². The zero-order chi connectivity index (χ0) is 13.1. The molecule has 96 valence electrons. The smallest absolute Gasteiger partial charge is 0.106 e. The van der Waals surface area contributed by atoms with Crippen LogP contribution in [-0.2, 0) is 6.54 Å². The zero-order valence-corrected chi connectivity index (χ0v) is 12.4. The number of pyridine rings is 1. The van der Waals surface area contributed by atoms with Crippen molar-refractivity contribution in [3.63, 3.8) is 0 Å². The molecular weight excluding hydrogens is 292 g/mol. The molecule has 2 heterocycles. The monoisotopic (exact) mass is 308 g/mol. The predicted molar refractivity (Wildman–Crippen MR) is 75.4 cm³/mol. The van der Waals surface area contributed by atoms with Crippen molar-refractivity contribution in [3.05, 3.63) is 51.6 Å². The summed E-state index contributed by atoms with van der Waals surface area (Å²) >= 11 is 3.38. The summed E-state index contributed by atoms with van der Waals surface area (Å²) in [4.78, 5) is 4.40. The molecule has 2 aromatic rings. The van der Waals surface area contributed by atoms with Gasteiger partial charge in [0.1, 0.15) is 16.1 Å². The van der Waals surface area contributed by atoms with Gasteiger partial charge in [-0.1, -0.05) is 6.07 Å². The van der Waals surface area contributed by atoms with Gasteiger partial charge in [-0.25, -0.2) is 4.98 Å². The molecule has 2 aromatic heterocycles. The van der Waals surface area contributed by atoms with Crippen LogP contribution in [0.4, 0.5) is 0 Å². The maximum absolute atomic E-state index is 5.54. The Balaban J connectivity index is 2.00. The van der Waals surface area contributed by atoms with Crippen LogP contribution in [0.2, 0.25) is 0 Å². The van der Waals surface area contributed by atoms with Crippen LogP contribution in [0.5, 0.6) is 0 Å². The van der Waals surface area contributed by atoms with Crippen LogP contribution in [0.25, 0.3) is 0 Å². The second-order valence-electron chi connectivity index (χ2n) is 4.42. The molecule has 0 aliphatic carbocycles. The molecule has 0 amide bonds. The van der Waals surface area contributed by atoms with Crippen LogP contribution in [0, 0.1) is 13.8 Å². The van der Waals surface area contributed by atoms with Crippen molar-refractivity contribution >= 4 is 15.9 Å². The van der Waals surface area contributed by atoms with Gasteiger partial charge in [-0.15, -0.1) is 0 Å². The van der Waals surface area contributed by atoms with Gasteiger partial charge in [0, 0.05) is 18.2 Å². The number of aromatic nitrogens is 1. The number of furan rings is 1. The minimum Gasteiger partial charge on any atom is -0.466 e. The highest BCUT2D eigenvalue weighted by molar-refractivity contribution is 9.10. The molecule has 0 aliphatic heterocycles. The lowest BCUT2D eigenvalue weighted by molar-refractivity contribution is 0.489. The Labute approximate surface area is 116 Å². The van der Waals surface area contributed by atoms with E-state index in [2.05, 4.69) is 39.2 Å². The third-order valence-corrected chi connectivity index (χ3v) is 3.35. The van der Waals surface area contributed by atoms with Crippen molar-refractivity contribution in [1.29, 1.82) is 0 Å². The summed E-state index contributed by atoms with van der Waals surface area (Å²) < 4.78 is 6.41. The summed E-state index contributed by atoms with van der Waals surface area (Å²) in [6.45, 7) is 6.84. The molecule has 0 bridgehead atoms. The largest absolute Gasteiger partial charge is 0.466 e. The first-order valence-electron chi connectivity index (χ1n) is 5.98. The third-order valence-electron chi connectivity index (χ3n) is 2.91. The van der Waals surface area contributed by atoms with Gasteiger partial charge < -0.3 is 9.73 Å². The summed E-state index contributed by atoms with van der Waals surface area (Å²) in [6, 6.07) is 8.27. The molecule has 1 N–H and O–H groups in total. The van der Waals surface area contributed by atoms with Gasteiger partial charge in [-0.2, -0.15) is 0 Å². The van der Waals surface area contributed by atoms with Crippen molar-refractivity contribution in [2.24, 2.45) is 0 Å². The van der Waals surface area contributed by atoms with E-state index in [0.717, 1.165) is 28.4 Å². The van der Waals surface area contributed by atoms with Gasteiger partial charge in [0.05, 0.1) is 5.69 Å². The Bertz CT molecular complexity index is 536. The number of halogens is 1. The van der Waals surface area contributed by atoms with E-state index in [-0.39, 0.29) is 6.04 Å². The van der Waals surface area contributed by atoms with Crippen molar-refractivity contribution < 1.29 is 4.42 Å². The molecular formula is C14H17BrN2O. The summed E-state index contributed by atoms with van der Waals surface area (Å²) in [6.07, 6.45) is 0. The average molecular weight is 309 g/mol. The molecule has 18 heavy (non-hydrogen) atoms. The third kappa shape index (κ3) is 3.21. The van der Waals surface area contributed by atoms with Crippen molar-refractivity contribution in [3.8, 4) is 0 Å². The molecule has 0 saturated carbocycles. The minimum atomic E-state index is 0.253. The number of aryl methyl sites for hydroxylation is 2. The Morgan fingerprint density at radius 1 is 1.39 bits per heavy atom. The predicted octanol–water partition coefficient (Wildman–Crippen LogP) is 3.90. The maximum atomic E-state index is 5.54. The van der Waals surface area contributed by atoms with E-state index in [1.54, 1.807) is 0 Å². The van der Waals surface area contributed by atoms with E-state index in [9.17, 15) is 0 Å². The molecule has 0 spiro atoms. The number of nitrogens with one attached hydrogen (secondary N) is 1. The summed E-state index contributed by atoms with van der Waals surface area (Å²) in [7, 11) is 0. The highest BCUT2D eigenvalue weighted by Gasteiger charge is 2.12. The number of rotatable bonds is 4. The first-order chi connectivity index (χ1) is 8.56. The second-order valence-corrected chi connectivity index (χ2v) is 5.24. The summed E-state index contributed by atoms with van der Waals surface area (Å²) in [5.41, 5.74) is 2.23. The lowest BCUT2D eigenvalue weighted by Crippen LogP contribution is -2.18. The fraction of sp³-hybridized carbons (Fsp3) is 0.357. The van der Waals surface area contributed by atoms with E-state index in [1.807, 2.05) is 32.0 Å². The molecule has 0 aromatic carbocycles. The van der Waals surface area contributed by atoms with Crippen LogP contribution in [0.1, 0.15) is 35.7 Å². The zero-order valence-electron chi connectivity index (χ0n) is 10.8. The molecule has 4 heteroatoms. The Morgan fingerprint density at radius 3 is 2.78 bits per heavy atom. The fourth-order valence-electron chi connectivity index (χ4n) is 2.00. The highest BCUT2D eigenvalue weighted by atomic mass is 79.9. The van der Waals surface area contributed by atoms with Crippen molar-refractivity contribution in [2.75, 3.05) is 0 Å². The quantitative estimate of drug-likeness (QED) is 0.870. The van der Waals surface area contributed by atoms with Gasteiger partial charge in [-0.3, -0.25) is 0 Å². The topological polar surface area (TPSA) is 38.1 Å². The van der Waals surface area contributed by atoms with Gasteiger partial charge in [0.2, 0.25) is 0 Å². The molecule has 3 nitrogen and oxygen atoms in total. The summed E-state index contributed by atoms with van der Waals surface area (Å²) in [5.74, 6) is 1.94. The fourth-order valence-corrected chi connectivity index (χ4v) is 2.38. The maximum Gasteiger partial charge on any atom is 0.106 e. The molecule has 0 fully saturated rings. The molecule has 2 rings (SSSR count).